The van der Waals surface area contributed by atoms with Crippen molar-refractivity contribution in [2.24, 2.45) is 0 Å². The molecule has 5 atom stereocenters. The van der Waals surface area contributed by atoms with Crippen LogP contribution in [0.4, 0.5) is 0 Å². The molecule has 0 aliphatic carbocycles. The number of rotatable bonds is 4. The minimum absolute atomic E-state index is 0.0520. The molecule has 140 valence electrons. The van der Waals surface area contributed by atoms with E-state index in [0.29, 0.717) is 5.39 Å². The van der Waals surface area contributed by atoms with Gasteiger partial charge in [0.1, 0.15) is 36.1 Å². The first-order chi connectivity index (χ1) is 12.3. The highest BCUT2D eigenvalue weighted by Gasteiger charge is 2.45. The molecule has 0 amide bonds. The van der Waals surface area contributed by atoms with E-state index in [1.165, 1.54) is 6.07 Å². The Morgan fingerprint density at radius 2 is 1.77 bits per heavy atom. The third kappa shape index (κ3) is 3.11. The number of carboxylic acids is 1. The number of para-hydroxylation sites is 1. The van der Waals surface area contributed by atoms with Gasteiger partial charge >= 0.3 is 11.6 Å². The minimum atomic E-state index is -1.66. The maximum Gasteiger partial charge on any atom is 0.340 e. The average molecular weight is 366 g/mol. The number of hydrogen-bond donors (Lipinski definition) is 5. The highest BCUT2D eigenvalue weighted by atomic mass is 16.5. The summed E-state index contributed by atoms with van der Waals surface area (Å²) in [7, 11) is 0. The predicted molar refractivity (Wildman–Crippen MR) is 86.5 cm³/mol. The lowest BCUT2D eigenvalue weighted by Gasteiger charge is -2.40. The Morgan fingerprint density at radius 1 is 1.08 bits per heavy atom. The Kier molecular flexibility index (Phi) is 5.08. The van der Waals surface area contributed by atoms with Gasteiger partial charge < -0.3 is 34.7 Å². The van der Waals surface area contributed by atoms with Gasteiger partial charge in [0.25, 0.3) is 0 Å². The molecule has 2 heterocycles. The Bertz CT molecular complexity index is 872. The van der Waals surface area contributed by atoms with Gasteiger partial charge in [-0.25, -0.2) is 4.79 Å². The van der Waals surface area contributed by atoms with Gasteiger partial charge in [-0.05, 0) is 6.07 Å². The van der Waals surface area contributed by atoms with Gasteiger partial charge in [0.05, 0.1) is 18.6 Å². The van der Waals surface area contributed by atoms with Crippen molar-refractivity contribution in [1.29, 1.82) is 0 Å². The molecule has 5 N–H and O–H groups in total. The third-order valence-electron chi connectivity index (χ3n) is 4.46. The van der Waals surface area contributed by atoms with Crippen molar-refractivity contribution in [1.82, 2.24) is 0 Å². The van der Waals surface area contributed by atoms with Crippen molar-refractivity contribution in [2.45, 2.75) is 36.9 Å². The molecule has 0 saturated carbocycles. The maximum absolute atomic E-state index is 12.3. The number of aliphatic hydroxyl groups excluding tert-OH is 4. The van der Waals surface area contributed by atoms with Gasteiger partial charge in [-0.2, -0.15) is 0 Å². The summed E-state index contributed by atoms with van der Waals surface area (Å²) in [6, 6.07) is 6.29. The molecular weight excluding hydrogens is 348 g/mol. The fourth-order valence-electron chi connectivity index (χ4n) is 3.20. The molecule has 0 bridgehead atoms. The number of ether oxygens (including phenoxy) is 1. The molecule has 2 aromatic rings. The minimum Gasteiger partial charge on any atom is -0.481 e. The van der Waals surface area contributed by atoms with Crippen molar-refractivity contribution in [3.8, 4) is 0 Å². The number of aliphatic carboxylic acids is 1. The van der Waals surface area contributed by atoms with Crippen molar-refractivity contribution < 1.29 is 39.5 Å². The lowest BCUT2D eigenvalue weighted by molar-refractivity contribution is -0.231. The zero-order valence-electron chi connectivity index (χ0n) is 13.5. The second-order valence-corrected chi connectivity index (χ2v) is 6.10. The van der Waals surface area contributed by atoms with E-state index in [9.17, 15) is 30.0 Å². The second kappa shape index (κ2) is 7.14. The van der Waals surface area contributed by atoms with Crippen LogP contribution >= 0.6 is 0 Å². The van der Waals surface area contributed by atoms with Crippen LogP contribution < -0.4 is 5.63 Å². The molecule has 0 spiro atoms. The molecule has 1 aliphatic rings. The monoisotopic (exact) mass is 366 g/mol. The van der Waals surface area contributed by atoms with E-state index in [2.05, 4.69) is 0 Å². The number of fused-ring (bicyclic) bond motifs is 1. The second-order valence-electron chi connectivity index (χ2n) is 6.10. The lowest BCUT2D eigenvalue weighted by Crippen LogP contribution is -2.55. The van der Waals surface area contributed by atoms with Crippen LogP contribution in [0.5, 0.6) is 0 Å². The molecule has 3 rings (SSSR count). The normalized spacial score (nSPS) is 29.0. The van der Waals surface area contributed by atoms with E-state index in [1.54, 1.807) is 18.2 Å². The van der Waals surface area contributed by atoms with Crippen LogP contribution in [-0.2, 0) is 16.0 Å². The SMILES string of the molecule is O=C(O)Cc1c(C2O[C@H](CO)[C@H](O)[C@H](O)[C@H]2O)c2ccccc2oc1=O. The van der Waals surface area contributed by atoms with Crippen molar-refractivity contribution in [3.05, 3.63) is 45.8 Å². The van der Waals surface area contributed by atoms with Crippen LogP contribution in [0.15, 0.2) is 33.5 Å². The summed E-state index contributed by atoms with van der Waals surface area (Å²) in [5.74, 6) is -1.29. The lowest BCUT2D eigenvalue weighted by atomic mass is 9.87. The van der Waals surface area contributed by atoms with Crippen molar-refractivity contribution >= 4 is 16.9 Å². The molecule has 9 nitrogen and oxygen atoms in total. The summed E-state index contributed by atoms with van der Waals surface area (Å²) in [6.45, 7) is -0.644. The molecule has 9 heteroatoms. The summed E-state index contributed by atoms with van der Waals surface area (Å²) in [5.41, 5.74) is -0.937. The third-order valence-corrected chi connectivity index (χ3v) is 4.46. The zero-order chi connectivity index (χ0) is 19.0. The molecule has 1 fully saturated rings. The van der Waals surface area contributed by atoms with Gasteiger partial charge in [-0.3, -0.25) is 4.79 Å². The van der Waals surface area contributed by atoms with E-state index in [1.807, 2.05) is 0 Å². The molecule has 1 aromatic carbocycles. The van der Waals surface area contributed by atoms with Crippen LogP contribution in [0.1, 0.15) is 17.2 Å². The van der Waals surface area contributed by atoms with Crippen molar-refractivity contribution in [3.63, 3.8) is 0 Å². The largest absolute Gasteiger partial charge is 0.481 e. The number of carbonyl (C=O) groups is 1. The molecule has 1 unspecified atom stereocenters. The predicted octanol–water partition coefficient (Wildman–Crippen LogP) is -1.06. The number of hydrogen-bond acceptors (Lipinski definition) is 8. The summed E-state index contributed by atoms with van der Waals surface area (Å²) in [6.07, 6.45) is -8.09. The summed E-state index contributed by atoms with van der Waals surface area (Å²) >= 11 is 0. The number of benzene rings is 1. The summed E-state index contributed by atoms with van der Waals surface area (Å²) in [5, 5.41) is 49.2. The van der Waals surface area contributed by atoms with Gasteiger partial charge in [0, 0.05) is 10.9 Å². The quantitative estimate of drug-likeness (QED) is 0.425. The Balaban J connectivity index is 2.24. The Labute approximate surface area is 146 Å². The topological polar surface area (TPSA) is 158 Å². The van der Waals surface area contributed by atoms with E-state index in [0.717, 1.165) is 0 Å². The molecule has 1 aliphatic heterocycles. The van der Waals surface area contributed by atoms with E-state index in [-0.39, 0.29) is 16.7 Å². The molecule has 1 aromatic heterocycles. The van der Waals surface area contributed by atoms with Crippen LogP contribution in [0.25, 0.3) is 11.0 Å². The average Bonchev–Trinajstić information content (AvgIpc) is 2.61. The number of carboxylic acid groups (broad SMARTS) is 1. The van der Waals surface area contributed by atoms with Gasteiger partial charge in [-0.1, -0.05) is 18.2 Å². The summed E-state index contributed by atoms with van der Waals surface area (Å²) in [4.78, 5) is 23.5. The Hall–Kier alpha value is -2.30. The van der Waals surface area contributed by atoms with E-state index in [4.69, 9.17) is 14.3 Å². The smallest absolute Gasteiger partial charge is 0.340 e. The summed E-state index contributed by atoms with van der Waals surface area (Å²) < 4.78 is 10.7. The zero-order valence-corrected chi connectivity index (χ0v) is 13.5. The molecule has 0 radical (unpaired) electrons. The molecular formula is C17H18O9. The fraction of sp³-hybridized carbons (Fsp3) is 0.412. The van der Waals surface area contributed by atoms with E-state index >= 15 is 0 Å². The van der Waals surface area contributed by atoms with Crippen LogP contribution in [0, 0.1) is 0 Å². The standard InChI is InChI=1S/C17H18O9/c18-6-10-13(21)14(22)15(23)16(25-10)12-7-3-1-2-4-9(7)26-17(24)8(12)5-11(19)20/h1-4,10,13-16,18,21-23H,5-6H2,(H,19,20)/t10-,13+,14+,15-,16?/m1/s1. The highest BCUT2D eigenvalue weighted by molar-refractivity contribution is 5.83. The van der Waals surface area contributed by atoms with Gasteiger partial charge in [0.15, 0.2) is 0 Å². The first-order valence-corrected chi connectivity index (χ1v) is 7.92. The fourth-order valence-corrected chi connectivity index (χ4v) is 3.20. The Morgan fingerprint density at radius 3 is 2.42 bits per heavy atom. The number of aliphatic hydroxyl groups is 4. The molecule has 26 heavy (non-hydrogen) atoms. The van der Waals surface area contributed by atoms with Gasteiger partial charge in [0.2, 0.25) is 0 Å². The van der Waals surface area contributed by atoms with Crippen LogP contribution in [0.3, 0.4) is 0 Å². The maximum atomic E-state index is 12.3. The first-order valence-electron chi connectivity index (χ1n) is 7.92. The van der Waals surface area contributed by atoms with E-state index < -0.39 is 55.1 Å². The molecule has 1 saturated heterocycles. The van der Waals surface area contributed by atoms with Gasteiger partial charge in [-0.15, -0.1) is 0 Å². The highest BCUT2D eigenvalue weighted by Crippen LogP contribution is 2.37. The van der Waals surface area contributed by atoms with Crippen molar-refractivity contribution in [2.75, 3.05) is 6.61 Å². The first kappa shape index (κ1) is 18.5. The van der Waals surface area contributed by atoms with Crippen LogP contribution in [-0.4, -0.2) is 62.5 Å². The van der Waals surface area contributed by atoms with Crippen LogP contribution in [0.2, 0.25) is 0 Å².